The molecule has 3 rings (SSSR count). The zero-order valence-electron chi connectivity index (χ0n) is 23.8. The Kier molecular flexibility index (Phi) is 11.2. The summed E-state index contributed by atoms with van der Waals surface area (Å²) >= 11 is 0. The van der Waals surface area contributed by atoms with Crippen LogP contribution >= 0.6 is 0 Å². The fraction of sp³-hybridized carbons (Fsp3) is 0.355. The summed E-state index contributed by atoms with van der Waals surface area (Å²) in [7, 11) is -4.47. The quantitative estimate of drug-likeness (QED) is 0.273. The Morgan fingerprint density at radius 1 is 0.881 bits per heavy atom. The van der Waals surface area contributed by atoms with Crippen LogP contribution in [0.15, 0.2) is 89.8 Å². The molecule has 2 amide bonds. The molecule has 0 bridgehead atoms. The molecular formula is C31H36F3N3O4S. The third-order valence-corrected chi connectivity index (χ3v) is 8.73. The van der Waals surface area contributed by atoms with Crippen LogP contribution in [0.25, 0.3) is 0 Å². The maximum Gasteiger partial charge on any atom is 0.416 e. The second kappa shape index (κ2) is 14.4. The summed E-state index contributed by atoms with van der Waals surface area (Å²) in [6.45, 7) is 4.78. The third kappa shape index (κ3) is 8.34. The minimum Gasteiger partial charge on any atom is -0.352 e. The molecule has 0 saturated heterocycles. The molecule has 226 valence electrons. The van der Waals surface area contributed by atoms with Gasteiger partial charge in [0.1, 0.15) is 12.6 Å². The van der Waals surface area contributed by atoms with Crippen molar-refractivity contribution in [3.63, 3.8) is 0 Å². The van der Waals surface area contributed by atoms with Crippen molar-refractivity contribution >= 4 is 27.5 Å². The molecule has 0 heterocycles. The molecule has 2 atom stereocenters. The van der Waals surface area contributed by atoms with Crippen LogP contribution in [0.4, 0.5) is 18.9 Å². The lowest BCUT2D eigenvalue weighted by atomic mass is 10.1. The lowest BCUT2D eigenvalue weighted by molar-refractivity contribution is -0.139. The first-order chi connectivity index (χ1) is 19.9. The van der Waals surface area contributed by atoms with Crippen molar-refractivity contribution in [1.82, 2.24) is 10.2 Å². The summed E-state index contributed by atoms with van der Waals surface area (Å²) in [5.74, 6) is -1.10. The number of hydrogen-bond acceptors (Lipinski definition) is 4. The summed E-state index contributed by atoms with van der Waals surface area (Å²) in [6.07, 6.45) is -3.43. The Bertz CT molecular complexity index is 1430. The first-order valence-corrected chi connectivity index (χ1v) is 15.2. The summed E-state index contributed by atoms with van der Waals surface area (Å²) in [5.41, 5.74) is -0.470. The predicted molar refractivity (Wildman–Crippen MR) is 156 cm³/mol. The smallest absolute Gasteiger partial charge is 0.352 e. The highest BCUT2D eigenvalue weighted by Crippen LogP contribution is 2.33. The zero-order chi connectivity index (χ0) is 30.9. The van der Waals surface area contributed by atoms with E-state index in [1.54, 1.807) is 13.0 Å². The highest BCUT2D eigenvalue weighted by molar-refractivity contribution is 7.92. The maximum atomic E-state index is 14.0. The number of halogens is 3. The second-order valence-corrected chi connectivity index (χ2v) is 11.8. The maximum absolute atomic E-state index is 14.0. The lowest BCUT2D eigenvalue weighted by Gasteiger charge is -2.33. The summed E-state index contributed by atoms with van der Waals surface area (Å²) in [5, 5.41) is 2.89. The van der Waals surface area contributed by atoms with E-state index in [1.807, 2.05) is 44.2 Å². The van der Waals surface area contributed by atoms with Crippen LogP contribution in [0.3, 0.4) is 0 Å². The molecule has 11 heteroatoms. The van der Waals surface area contributed by atoms with E-state index >= 15 is 0 Å². The molecule has 0 spiro atoms. The highest BCUT2D eigenvalue weighted by atomic mass is 32.2. The minimum atomic E-state index is -4.73. The average molecular weight is 604 g/mol. The van der Waals surface area contributed by atoms with E-state index in [-0.39, 0.29) is 35.5 Å². The van der Waals surface area contributed by atoms with Crippen molar-refractivity contribution in [3.8, 4) is 0 Å². The molecule has 7 nitrogen and oxygen atoms in total. The number of alkyl halides is 3. The molecule has 1 N–H and O–H groups in total. The van der Waals surface area contributed by atoms with Gasteiger partial charge in [0.15, 0.2) is 0 Å². The number of hydrogen-bond donors (Lipinski definition) is 1. The van der Waals surface area contributed by atoms with Crippen molar-refractivity contribution in [1.29, 1.82) is 0 Å². The fourth-order valence-corrected chi connectivity index (χ4v) is 5.85. The molecular weight excluding hydrogens is 567 g/mol. The zero-order valence-corrected chi connectivity index (χ0v) is 24.7. The molecule has 0 saturated carbocycles. The number of sulfonamides is 1. The number of carbonyl (C=O) groups excluding carboxylic acids is 2. The van der Waals surface area contributed by atoms with Gasteiger partial charge in [-0.3, -0.25) is 13.9 Å². The van der Waals surface area contributed by atoms with Gasteiger partial charge in [-0.2, -0.15) is 13.2 Å². The van der Waals surface area contributed by atoms with Crippen molar-refractivity contribution in [2.45, 2.75) is 63.2 Å². The number of amides is 2. The average Bonchev–Trinajstić information content (AvgIpc) is 2.98. The van der Waals surface area contributed by atoms with Gasteiger partial charge in [-0.25, -0.2) is 8.42 Å². The van der Waals surface area contributed by atoms with Gasteiger partial charge in [0.25, 0.3) is 10.0 Å². The third-order valence-electron chi connectivity index (χ3n) is 6.94. The largest absolute Gasteiger partial charge is 0.416 e. The molecule has 3 aromatic carbocycles. The summed E-state index contributed by atoms with van der Waals surface area (Å²) in [4.78, 5) is 28.4. The van der Waals surface area contributed by atoms with E-state index < -0.39 is 40.3 Å². The molecule has 0 aliphatic carbocycles. The SMILES string of the molecule is CC[C@@H](C)NC(=O)[C@@H](CC)N(CCc1ccccc1)C(=O)CN(c1cccc(C(F)(F)F)c1)S(=O)(=O)c1ccccc1. The lowest BCUT2D eigenvalue weighted by Crippen LogP contribution is -2.54. The Labute approximate surface area is 245 Å². The minimum absolute atomic E-state index is 0.0943. The number of rotatable bonds is 13. The van der Waals surface area contributed by atoms with E-state index in [0.29, 0.717) is 23.2 Å². The molecule has 0 unspecified atom stereocenters. The number of carbonyl (C=O) groups is 2. The van der Waals surface area contributed by atoms with Crippen LogP contribution in [0.2, 0.25) is 0 Å². The topological polar surface area (TPSA) is 86.8 Å². The van der Waals surface area contributed by atoms with Gasteiger partial charge < -0.3 is 10.2 Å². The number of nitrogens with zero attached hydrogens (tertiary/aromatic N) is 2. The van der Waals surface area contributed by atoms with Crippen molar-refractivity contribution < 1.29 is 31.2 Å². The van der Waals surface area contributed by atoms with Crippen molar-refractivity contribution in [2.24, 2.45) is 0 Å². The van der Waals surface area contributed by atoms with Crippen LogP contribution in [0.1, 0.15) is 44.7 Å². The summed E-state index contributed by atoms with van der Waals surface area (Å²) in [6, 6.07) is 19.2. The second-order valence-electron chi connectivity index (χ2n) is 9.94. The van der Waals surface area contributed by atoms with Crippen LogP contribution < -0.4 is 9.62 Å². The van der Waals surface area contributed by atoms with E-state index in [1.165, 1.54) is 35.2 Å². The van der Waals surface area contributed by atoms with Crippen LogP contribution in [0.5, 0.6) is 0 Å². The predicted octanol–water partition coefficient (Wildman–Crippen LogP) is 5.67. The Balaban J connectivity index is 2.06. The van der Waals surface area contributed by atoms with E-state index in [2.05, 4.69) is 5.32 Å². The van der Waals surface area contributed by atoms with Gasteiger partial charge >= 0.3 is 6.18 Å². The molecule has 0 aliphatic heterocycles. The van der Waals surface area contributed by atoms with Crippen molar-refractivity contribution in [2.75, 3.05) is 17.4 Å². The Hall–Kier alpha value is -3.86. The van der Waals surface area contributed by atoms with E-state index in [0.717, 1.165) is 17.7 Å². The monoisotopic (exact) mass is 603 g/mol. The first kappa shape index (κ1) is 32.7. The Morgan fingerprint density at radius 3 is 2.07 bits per heavy atom. The number of benzene rings is 3. The van der Waals surface area contributed by atoms with Gasteiger partial charge in [-0.15, -0.1) is 0 Å². The van der Waals surface area contributed by atoms with Gasteiger partial charge in [0, 0.05) is 12.6 Å². The number of anilines is 1. The molecule has 0 fully saturated rings. The van der Waals surface area contributed by atoms with Gasteiger partial charge in [-0.1, -0.05) is 68.4 Å². The molecule has 0 aliphatic rings. The van der Waals surface area contributed by atoms with Gasteiger partial charge in [0.05, 0.1) is 16.1 Å². The molecule has 3 aromatic rings. The Morgan fingerprint density at radius 2 is 1.50 bits per heavy atom. The number of nitrogens with one attached hydrogen (secondary N) is 1. The summed E-state index contributed by atoms with van der Waals surface area (Å²) < 4.78 is 69.0. The van der Waals surface area contributed by atoms with E-state index in [4.69, 9.17) is 0 Å². The molecule has 0 aromatic heterocycles. The molecule has 0 radical (unpaired) electrons. The van der Waals surface area contributed by atoms with Crippen molar-refractivity contribution in [3.05, 3.63) is 96.1 Å². The molecule has 42 heavy (non-hydrogen) atoms. The first-order valence-electron chi connectivity index (χ1n) is 13.8. The normalized spacial score (nSPS) is 13.2. The fourth-order valence-electron chi connectivity index (χ4n) is 4.42. The van der Waals surface area contributed by atoms with Gasteiger partial charge in [-0.05, 0) is 62.1 Å². The standard InChI is InChI=1S/C31H36F3N3O4S/c1-4-23(3)35-30(39)28(5-2)36(20-19-24-13-8-6-9-14-24)29(38)22-37(42(40,41)27-17-10-7-11-18-27)26-16-12-15-25(21-26)31(32,33)34/h6-18,21,23,28H,4-5,19-20,22H2,1-3H3,(H,35,39)/t23-,28-/m1/s1. The van der Waals surface area contributed by atoms with E-state index in [9.17, 15) is 31.2 Å². The van der Waals surface area contributed by atoms with Gasteiger partial charge in [0.2, 0.25) is 11.8 Å². The van der Waals surface area contributed by atoms with Crippen LogP contribution in [0, 0.1) is 0 Å². The van der Waals surface area contributed by atoms with Crippen LogP contribution in [-0.4, -0.2) is 50.3 Å². The highest BCUT2D eigenvalue weighted by Gasteiger charge is 2.35. The van der Waals surface area contributed by atoms with Crippen LogP contribution in [-0.2, 0) is 32.2 Å².